The Bertz CT molecular complexity index is 944. The van der Waals surface area contributed by atoms with E-state index in [2.05, 4.69) is 12.2 Å². The lowest BCUT2D eigenvalue weighted by molar-refractivity contribution is -0.136. The van der Waals surface area contributed by atoms with Crippen molar-refractivity contribution in [2.45, 2.75) is 25.4 Å². The third-order valence-corrected chi connectivity index (χ3v) is 5.35. The van der Waals surface area contributed by atoms with E-state index in [4.69, 9.17) is 14.2 Å². The normalized spacial score (nSPS) is 17.3. The van der Waals surface area contributed by atoms with Gasteiger partial charge in [-0.05, 0) is 19.1 Å². The van der Waals surface area contributed by atoms with Gasteiger partial charge in [-0.2, -0.15) is 0 Å². The van der Waals surface area contributed by atoms with E-state index in [-0.39, 0.29) is 24.5 Å². The third-order valence-electron chi connectivity index (χ3n) is 5.35. The summed E-state index contributed by atoms with van der Waals surface area (Å²) in [6, 6.07) is 9.80. The van der Waals surface area contributed by atoms with Crippen molar-refractivity contribution in [2.75, 3.05) is 26.2 Å². The van der Waals surface area contributed by atoms with E-state index in [0.29, 0.717) is 13.1 Å². The molecule has 0 unspecified atom stereocenters. The van der Waals surface area contributed by atoms with E-state index in [1.807, 2.05) is 29.2 Å². The first kappa shape index (κ1) is 20.3. The Morgan fingerprint density at radius 1 is 1.17 bits per heavy atom. The molecule has 2 aromatic rings. The van der Waals surface area contributed by atoms with Crippen molar-refractivity contribution >= 4 is 12.0 Å². The predicted octanol–water partition coefficient (Wildman–Crippen LogP) is 4.21. The highest BCUT2D eigenvalue weighted by Crippen LogP contribution is 2.36. The molecule has 5 nitrogen and oxygen atoms in total. The standard InChI is InChI=1S/C23H23F2NO4/c1-2-28-22-18(24)13-17(14-19(22)25)29-21(27)15-26-11-9-23(10-12-26)8-7-16-5-3-4-6-20(16)30-23/h3-8,13-14H,2,9-12,15H2,1H3. The van der Waals surface area contributed by atoms with Crippen LogP contribution in [0.3, 0.4) is 0 Å². The fraction of sp³-hybridized carbons (Fsp3) is 0.348. The number of ether oxygens (including phenoxy) is 3. The molecule has 1 saturated heterocycles. The molecule has 2 aromatic carbocycles. The Kier molecular flexibility index (Phi) is 5.72. The van der Waals surface area contributed by atoms with Gasteiger partial charge in [-0.1, -0.05) is 24.3 Å². The van der Waals surface area contributed by atoms with Crippen LogP contribution in [-0.4, -0.2) is 42.7 Å². The van der Waals surface area contributed by atoms with Gasteiger partial charge in [0.25, 0.3) is 0 Å². The number of halogens is 2. The van der Waals surface area contributed by atoms with Crippen LogP contribution < -0.4 is 14.2 Å². The molecule has 0 N–H and O–H groups in total. The molecule has 2 heterocycles. The van der Waals surface area contributed by atoms with E-state index in [1.165, 1.54) is 0 Å². The first-order valence-corrected chi connectivity index (χ1v) is 10.0. The molecular formula is C23H23F2NO4. The van der Waals surface area contributed by atoms with E-state index in [0.717, 1.165) is 36.3 Å². The summed E-state index contributed by atoms with van der Waals surface area (Å²) in [5, 5.41) is 0. The lowest BCUT2D eigenvalue weighted by Crippen LogP contribution is -2.49. The number of hydrogen-bond donors (Lipinski definition) is 0. The predicted molar refractivity (Wildman–Crippen MR) is 108 cm³/mol. The number of carbonyl (C=O) groups excluding carboxylic acids is 1. The van der Waals surface area contributed by atoms with Crippen molar-refractivity contribution in [2.24, 2.45) is 0 Å². The molecule has 0 atom stereocenters. The number of rotatable bonds is 5. The molecule has 158 valence electrons. The van der Waals surface area contributed by atoms with Crippen LogP contribution in [0.1, 0.15) is 25.3 Å². The Hall–Kier alpha value is -2.93. The molecule has 1 fully saturated rings. The monoisotopic (exact) mass is 415 g/mol. The van der Waals surface area contributed by atoms with E-state index >= 15 is 0 Å². The van der Waals surface area contributed by atoms with Crippen LogP contribution in [0.25, 0.3) is 6.08 Å². The molecule has 2 aliphatic heterocycles. The maximum atomic E-state index is 13.9. The maximum absolute atomic E-state index is 13.9. The first-order valence-electron chi connectivity index (χ1n) is 10.0. The number of hydrogen-bond acceptors (Lipinski definition) is 5. The number of nitrogens with zero attached hydrogens (tertiary/aromatic N) is 1. The summed E-state index contributed by atoms with van der Waals surface area (Å²) in [6.07, 6.45) is 5.64. The topological polar surface area (TPSA) is 48.0 Å². The number of likely N-dealkylation sites (tertiary alicyclic amines) is 1. The summed E-state index contributed by atoms with van der Waals surface area (Å²) in [4.78, 5) is 14.2. The number of benzene rings is 2. The minimum Gasteiger partial charge on any atom is -0.488 e. The molecule has 0 saturated carbocycles. The van der Waals surface area contributed by atoms with Crippen LogP contribution in [0.5, 0.6) is 17.2 Å². The van der Waals surface area contributed by atoms with E-state index in [1.54, 1.807) is 6.92 Å². The average Bonchev–Trinajstić information content (AvgIpc) is 2.72. The highest BCUT2D eigenvalue weighted by Gasteiger charge is 2.37. The number of para-hydroxylation sites is 1. The SMILES string of the molecule is CCOc1c(F)cc(OC(=O)CN2CCC3(C=Cc4ccccc4O3)CC2)cc1F. The van der Waals surface area contributed by atoms with Gasteiger partial charge in [-0.3, -0.25) is 9.69 Å². The summed E-state index contributed by atoms with van der Waals surface area (Å²) in [6.45, 7) is 3.09. The molecule has 1 spiro atoms. The molecule has 0 aromatic heterocycles. The minimum absolute atomic E-state index is 0.0346. The Morgan fingerprint density at radius 3 is 2.57 bits per heavy atom. The zero-order valence-corrected chi connectivity index (χ0v) is 16.7. The van der Waals surface area contributed by atoms with Crippen LogP contribution in [0.4, 0.5) is 8.78 Å². The lowest BCUT2D eigenvalue weighted by Gasteiger charge is -2.41. The summed E-state index contributed by atoms with van der Waals surface area (Å²) in [7, 11) is 0. The van der Waals surface area contributed by atoms with Crippen LogP contribution in [-0.2, 0) is 4.79 Å². The number of carbonyl (C=O) groups is 1. The smallest absolute Gasteiger partial charge is 0.325 e. The molecule has 0 radical (unpaired) electrons. The minimum atomic E-state index is -0.902. The van der Waals surface area contributed by atoms with Crippen LogP contribution >= 0.6 is 0 Å². The quantitative estimate of drug-likeness (QED) is 0.541. The first-order chi connectivity index (χ1) is 14.5. The molecule has 4 rings (SSSR count). The molecule has 2 aliphatic rings. The van der Waals surface area contributed by atoms with Gasteiger partial charge >= 0.3 is 5.97 Å². The van der Waals surface area contributed by atoms with Crippen LogP contribution in [0.15, 0.2) is 42.5 Å². The van der Waals surface area contributed by atoms with Gasteiger partial charge in [0, 0.05) is 43.6 Å². The lowest BCUT2D eigenvalue weighted by atomic mass is 9.88. The zero-order valence-electron chi connectivity index (χ0n) is 16.7. The largest absolute Gasteiger partial charge is 0.488 e. The van der Waals surface area contributed by atoms with Gasteiger partial charge in [0.15, 0.2) is 17.4 Å². The molecule has 0 amide bonds. The summed E-state index contributed by atoms with van der Waals surface area (Å²) < 4.78 is 44.1. The van der Waals surface area contributed by atoms with Gasteiger partial charge < -0.3 is 14.2 Å². The zero-order chi connectivity index (χ0) is 21.1. The van der Waals surface area contributed by atoms with Crippen molar-refractivity contribution in [3.63, 3.8) is 0 Å². The van der Waals surface area contributed by atoms with Crippen LogP contribution in [0.2, 0.25) is 0 Å². The Balaban J connectivity index is 1.32. The molecule has 7 heteroatoms. The van der Waals surface area contributed by atoms with Crippen molar-refractivity contribution in [1.82, 2.24) is 4.90 Å². The van der Waals surface area contributed by atoms with Gasteiger partial charge in [0.05, 0.1) is 13.2 Å². The number of esters is 1. The Morgan fingerprint density at radius 2 is 1.87 bits per heavy atom. The summed E-state index contributed by atoms with van der Waals surface area (Å²) in [5.41, 5.74) is 0.694. The second-order valence-corrected chi connectivity index (χ2v) is 7.44. The van der Waals surface area contributed by atoms with Crippen molar-refractivity contribution in [1.29, 1.82) is 0 Å². The maximum Gasteiger partial charge on any atom is 0.325 e. The second-order valence-electron chi connectivity index (χ2n) is 7.44. The fourth-order valence-corrected chi connectivity index (χ4v) is 3.79. The molecule has 0 aliphatic carbocycles. The van der Waals surface area contributed by atoms with E-state index < -0.39 is 23.4 Å². The summed E-state index contributed by atoms with van der Waals surface area (Å²) >= 11 is 0. The second kappa shape index (κ2) is 8.44. The van der Waals surface area contributed by atoms with Gasteiger partial charge in [0.2, 0.25) is 0 Å². The van der Waals surface area contributed by atoms with E-state index in [9.17, 15) is 13.6 Å². The Labute approximate surface area is 173 Å². The third kappa shape index (κ3) is 4.31. The fourth-order valence-electron chi connectivity index (χ4n) is 3.79. The van der Waals surface area contributed by atoms with Crippen molar-refractivity contribution in [3.05, 3.63) is 59.7 Å². The van der Waals surface area contributed by atoms with Gasteiger partial charge in [0.1, 0.15) is 17.1 Å². The van der Waals surface area contributed by atoms with Crippen molar-refractivity contribution in [3.8, 4) is 17.2 Å². The van der Waals surface area contributed by atoms with Crippen molar-refractivity contribution < 1.29 is 27.8 Å². The van der Waals surface area contributed by atoms with Crippen LogP contribution in [0, 0.1) is 11.6 Å². The highest BCUT2D eigenvalue weighted by molar-refractivity contribution is 5.74. The number of piperidine rings is 1. The molecular weight excluding hydrogens is 392 g/mol. The summed E-state index contributed by atoms with van der Waals surface area (Å²) in [5.74, 6) is -2.16. The average molecular weight is 415 g/mol. The molecule has 0 bridgehead atoms. The van der Waals surface area contributed by atoms with Gasteiger partial charge in [-0.15, -0.1) is 0 Å². The number of fused-ring (bicyclic) bond motifs is 1. The van der Waals surface area contributed by atoms with Gasteiger partial charge in [-0.25, -0.2) is 8.78 Å². The highest BCUT2D eigenvalue weighted by atomic mass is 19.1. The molecule has 30 heavy (non-hydrogen) atoms.